The SMILES string of the molecule is CCN(CC)CCc1noc(CC(C)NC)n1. The molecule has 5 heteroatoms. The number of likely N-dealkylation sites (N-methyl/N-ethyl adjacent to an activating group) is 2. The Morgan fingerprint density at radius 1 is 1.35 bits per heavy atom. The van der Waals surface area contributed by atoms with Crippen molar-refractivity contribution in [1.29, 1.82) is 0 Å². The number of nitrogens with one attached hydrogen (secondary N) is 1. The highest BCUT2D eigenvalue weighted by molar-refractivity contribution is 4.89. The lowest BCUT2D eigenvalue weighted by atomic mass is 10.2. The van der Waals surface area contributed by atoms with Gasteiger partial charge in [0.25, 0.3) is 0 Å². The molecule has 1 aromatic rings. The largest absolute Gasteiger partial charge is 0.339 e. The fraction of sp³-hybridized carbons (Fsp3) is 0.833. The molecule has 0 bridgehead atoms. The smallest absolute Gasteiger partial charge is 0.228 e. The number of hydrogen-bond acceptors (Lipinski definition) is 5. The summed E-state index contributed by atoms with van der Waals surface area (Å²) >= 11 is 0. The standard InChI is InChI=1S/C12H24N4O/c1-5-16(6-2)8-7-11-14-12(17-15-11)9-10(3)13-4/h10,13H,5-9H2,1-4H3. The van der Waals surface area contributed by atoms with Crippen molar-refractivity contribution in [3.63, 3.8) is 0 Å². The van der Waals surface area contributed by atoms with E-state index in [9.17, 15) is 0 Å². The van der Waals surface area contributed by atoms with Crippen LogP contribution < -0.4 is 5.32 Å². The van der Waals surface area contributed by atoms with Crippen LogP contribution in [0.3, 0.4) is 0 Å². The van der Waals surface area contributed by atoms with E-state index in [2.05, 4.69) is 41.1 Å². The van der Waals surface area contributed by atoms with Gasteiger partial charge in [-0.2, -0.15) is 4.98 Å². The molecular formula is C12H24N4O. The monoisotopic (exact) mass is 240 g/mol. The summed E-state index contributed by atoms with van der Waals surface area (Å²) < 4.78 is 5.22. The van der Waals surface area contributed by atoms with Gasteiger partial charge in [0, 0.05) is 25.4 Å². The van der Waals surface area contributed by atoms with Gasteiger partial charge in [-0.1, -0.05) is 19.0 Å². The summed E-state index contributed by atoms with van der Waals surface area (Å²) in [6.07, 6.45) is 1.65. The minimum Gasteiger partial charge on any atom is -0.339 e. The second-order valence-electron chi connectivity index (χ2n) is 4.28. The summed E-state index contributed by atoms with van der Waals surface area (Å²) in [5.41, 5.74) is 0. The Labute approximate surface area is 104 Å². The van der Waals surface area contributed by atoms with E-state index in [1.807, 2.05) is 7.05 Å². The van der Waals surface area contributed by atoms with E-state index in [4.69, 9.17) is 4.52 Å². The van der Waals surface area contributed by atoms with Gasteiger partial charge in [-0.25, -0.2) is 0 Å². The van der Waals surface area contributed by atoms with Crippen molar-refractivity contribution in [2.24, 2.45) is 0 Å². The van der Waals surface area contributed by atoms with Crippen molar-refractivity contribution < 1.29 is 4.52 Å². The maximum atomic E-state index is 5.22. The van der Waals surface area contributed by atoms with Gasteiger partial charge in [0.15, 0.2) is 5.82 Å². The zero-order chi connectivity index (χ0) is 12.7. The van der Waals surface area contributed by atoms with Gasteiger partial charge in [-0.05, 0) is 27.1 Å². The molecule has 0 spiro atoms. The van der Waals surface area contributed by atoms with E-state index in [-0.39, 0.29) is 0 Å². The van der Waals surface area contributed by atoms with E-state index in [1.165, 1.54) is 0 Å². The van der Waals surface area contributed by atoms with Crippen LogP contribution in [0.15, 0.2) is 4.52 Å². The molecule has 17 heavy (non-hydrogen) atoms. The van der Waals surface area contributed by atoms with Gasteiger partial charge in [0.2, 0.25) is 5.89 Å². The normalized spacial score (nSPS) is 13.2. The number of nitrogens with zero attached hydrogens (tertiary/aromatic N) is 3. The maximum absolute atomic E-state index is 5.22. The summed E-state index contributed by atoms with van der Waals surface area (Å²) in [6, 6.07) is 0.367. The Morgan fingerprint density at radius 2 is 2.06 bits per heavy atom. The fourth-order valence-electron chi connectivity index (χ4n) is 1.64. The number of rotatable bonds is 8. The van der Waals surface area contributed by atoms with Crippen LogP contribution in [0.4, 0.5) is 0 Å². The second kappa shape index (κ2) is 7.40. The molecule has 1 aromatic heterocycles. The van der Waals surface area contributed by atoms with Crippen LogP contribution in [0.1, 0.15) is 32.5 Å². The molecule has 0 saturated heterocycles. The first-order valence-corrected chi connectivity index (χ1v) is 6.40. The summed E-state index contributed by atoms with van der Waals surface area (Å²) in [4.78, 5) is 6.75. The molecule has 0 aliphatic rings. The zero-order valence-electron chi connectivity index (χ0n) is 11.4. The van der Waals surface area contributed by atoms with Gasteiger partial charge in [-0.3, -0.25) is 0 Å². The first kappa shape index (κ1) is 14.1. The Balaban J connectivity index is 2.40. The first-order chi connectivity index (χ1) is 8.19. The van der Waals surface area contributed by atoms with Crippen molar-refractivity contribution in [3.8, 4) is 0 Å². The molecule has 1 heterocycles. The topological polar surface area (TPSA) is 54.2 Å². The van der Waals surface area contributed by atoms with Crippen LogP contribution >= 0.6 is 0 Å². The van der Waals surface area contributed by atoms with Gasteiger partial charge >= 0.3 is 0 Å². The van der Waals surface area contributed by atoms with Crippen molar-refractivity contribution in [1.82, 2.24) is 20.4 Å². The van der Waals surface area contributed by atoms with E-state index in [0.29, 0.717) is 6.04 Å². The minimum atomic E-state index is 0.367. The summed E-state index contributed by atoms with van der Waals surface area (Å²) in [7, 11) is 1.93. The molecule has 5 nitrogen and oxygen atoms in total. The highest BCUT2D eigenvalue weighted by Crippen LogP contribution is 2.02. The summed E-state index contributed by atoms with van der Waals surface area (Å²) in [5.74, 6) is 1.54. The molecule has 0 radical (unpaired) electrons. The van der Waals surface area contributed by atoms with Crippen LogP contribution in [-0.4, -0.2) is 47.8 Å². The van der Waals surface area contributed by atoms with Crippen LogP contribution in [-0.2, 0) is 12.8 Å². The third-order valence-corrected chi connectivity index (χ3v) is 3.03. The van der Waals surface area contributed by atoms with Crippen molar-refractivity contribution in [3.05, 3.63) is 11.7 Å². The maximum Gasteiger partial charge on any atom is 0.228 e. The average molecular weight is 240 g/mol. The molecule has 0 saturated carbocycles. The predicted octanol–water partition coefficient (Wildman–Crippen LogP) is 1.10. The molecule has 0 aromatic carbocycles. The Hall–Kier alpha value is -0.940. The third kappa shape index (κ3) is 4.83. The van der Waals surface area contributed by atoms with Gasteiger partial charge in [0.05, 0.1) is 0 Å². The van der Waals surface area contributed by atoms with E-state index < -0.39 is 0 Å². The van der Waals surface area contributed by atoms with Crippen LogP contribution in [0.2, 0.25) is 0 Å². The Morgan fingerprint density at radius 3 is 2.65 bits per heavy atom. The molecular weight excluding hydrogens is 216 g/mol. The number of hydrogen-bond donors (Lipinski definition) is 1. The minimum absolute atomic E-state index is 0.367. The average Bonchev–Trinajstić information content (AvgIpc) is 2.78. The first-order valence-electron chi connectivity index (χ1n) is 6.40. The van der Waals surface area contributed by atoms with Crippen LogP contribution in [0.5, 0.6) is 0 Å². The summed E-state index contributed by atoms with van der Waals surface area (Å²) in [5, 5.41) is 7.16. The molecule has 0 aliphatic carbocycles. The molecule has 1 N–H and O–H groups in total. The van der Waals surface area contributed by atoms with Crippen molar-refractivity contribution in [2.45, 2.75) is 39.7 Å². The molecule has 1 unspecified atom stereocenters. The number of aromatic nitrogens is 2. The lowest BCUT2D eigenvalue weighted by Crippen LogP contribution is -2.25. The van der Waals surface area contributed by atoms with Gasteiger partial charge in [0.1, 0.15) is 0 Å². The zero-order valence-corrected chi connectivity index (χ0v) is 11.4. The lowest BCUT2D eigenvalue weighted by Gasteiger charge is -2.16. The molecule has 98 valence electrons. The lowest BCUT2D eigenvalue weighted by molar-refractivity contribution is 0.302. The van der Waals surface area contributed by atoms with E-state index in [0.717, 1.165) is 44.2 Å². The van der Waals surface area contributed by atoms with Gasteiger partial charge < -0.3 is 14.7 Å². The predicted molar refractivity (Wildman–Crippen MR) is 68.0 cm³/mol. The van der Waals surface area contributed by atoms with Crippen LogP contribution in [0, 0.1) is 0 Å². The van der Waals surface area contributed by atoms with E-state index >= 15 is 0 Å². The molecule has 0 fully saturated rings. The fourth-order valence-corrected chi connectivity index (χ4v) is 1.64. The molecule has 0 aliphatic heterocycles. The highest BCUT2D eigenvalue weighted by Gasteiger charge is 2.10. The van der Waals surface area contributed by atoms with Crippen molar-refractivity contribution in [2.75, 3.05) is 26.7 Å². The Bertz CT molecular complexity index is 309. The molecule has 1 atom stereocenters. The Kier molecular flexibility index (Phi) is 6.15. The second-order valence-corrected chi connectivity index (χ2v) is 4.28. The van der Waals surface area contributed by atoms with Crippen molar-refractivity contribution >= 4 is 0 Å². The highest BCUT2D eigenvalue weighted by atomic mass is 16.5. The van der Waals surface area contributed by atoms with E-state index in [1.54, 1.807) is 0 Å². The quantitative estimate of drug-likeness (QED) is 0.737. The summed E-state index contributed by atoms with van der Waals surface area (Å²) in [6.45, 7) is 9.56. The van der Waals surface area contributed by atoms with Gasteiger partial charge in [-0.15, -0.1) is 0 Å². The third-order valence-electron chi connectivity index (χ3n) is 3.03. The van der Waals surface area contributed by atoms with Crippen LogP contribution in [0.25, 0.3) is 0 Å². The molecule has 1 rings (SSSR count). The molecule has 0 amide bonds.